The predicted octanol–water partition coefficient (Wildman–Crippen LogP) is 1.82. The Morgan fingerprint density at radius 1 is 1.41 bits per heavy atom. The number of aromatic nitrogens is 2. The number of rotatable bonds is 5. The highest BCUT2D eigenvalue weighted by Crippen LogP contribution is 2.25. The highest BCUT2D eigenvalue weighted by Gasteiger charge is 2.27. The molecule has 0 saturated carbocycles. The van der Waals surface area contributed by atoms with Crippen molar-refractivity contribution in [1.82, 2.24) is 9.97 Å². The lowest BCUT2D eigenvalue weighted by Crippen LogP contribution is -2.22. The van der Waals surface area contributed by atoms with Crippen LogP contribution in [0.3, 0.4) is 0 Å². The third kappa shape index (κ3) is 4.33. The van der Waals surface area contributed by atoms with Crippen LogP contribution in [-0.4, -0.2) is 29.3 Å². The number of halogens is 3. The van der Waals surface area contributed by atoms with Crippen LogP contribution in [0.15, 0.2) is 6.33 Å². The third-order valence-corrected chi connectivity index (χ3v) is 1.75. The monoisotopic (exact) mass is 250 g/mol. The van der Waals surface area contributed by atoms with Gasteiger partial charge >= 0.3 is 6.18 Å². The number of hydrogen-bond donors (Lipinski definition) is 2. The topological polar surface area (TPSA) is 73.1 Å². The molecule has 1 rings (SSSR count). The minimum Gasteiger partial charge on any atom is -0.476 e. The Bertz CT molecular complexity index is 370. The SMILES string of the molecule is CCCOc1ncnc(NCC(F)(F)F)c1N. The lowest BCUT2D eigenvalue weighted by molar-refractivity contribution is -0.115. The third-order valence-electron chi connectivity index (χ3n) is 1.75. The number of hydrogen-bond acceptors (Lipinski definition) is 5. The zero-order valence-corrected chi connectivity index (χ0v) is 9.21. The maximum atomic E-state index is 12.0. The molecule has 0 spiro atoms. The van der Waals surface area contributed by atoms with Crippen LogP contribution in [0.4, 0.5) is 24.7 Å². The van der Waals surface area contributed by atoms with Crippen LogP contribution < -0.4 is 15.8 Å². The summed E-state index contributed by atoms with van der Waals surface area (Å²) in [6.07, 6.45) is -2.49. The molecule has 0 amide bonds. The molecule has 0 unspecified atom stereocenters. The molecule has 5 nitrogen and oxygen atoms in total. The molecular weight excluding hydrogens is 237 g/mol. The van der Waals surface area contributed by atoms with E-state index in [0.717, 1.165) is 12.7 Å². The van der Waals surface area contributed by atoms with E-state index in [1.54, 1.807) is 0 Å². The minimum absolute atomic E-state index is 0.0230. The van der Waals surface area contributed by atoms with E-state index in [9.17, 15) is 13.2 Å². The lowest BCUT2D eigenvalue weighted by Gasteiger charge is -2.12. The highest BCUT2D eigenvalue weighted by atomic mass is 19.4. The van der Waals surface area contributed by atoms with Crippen LogP contribution in [0, 0.1) is 0 Å². The molecule has 1 aromatic heterocycles. The number of nitrogens with zero attached hydrogens (tertiary/aromatic N) is 2. The fraction of sp³-hybridized carbons (Fsp3) is 0.556. The predicted molar refractivity (Wildman–Crippen MR) is 56.8 cm³/mol. The Balaban J connectivity index is 2.72. The highest BCUT2D eigenvalue weighted by molar-refractivity contribution is 5.66. The fourth-order valence-corrected chi connectivity index (χ4v) is 1.02. The van der Waals surface area contributed by atoms with Gasteiger partial charge in [0, 0.05) is 0 Å². The van der Waals surface area contributed by atoms with Gasteiger partial charge in [0.25, 0.3) is 0 Å². The summed E-state index contributed by atoms with van der Waals surface area (Å²) in [6, 6.07) is 0. The van der Waals surface area contributed by atoms with Gasteiger partial charge in [-0.15, -0.1) is 0 Å². The summed E-state index contributed by atoms with van der Waals surface area (Å²) < 4.78 is 41.2. The standard InChI is InChI=1S/C9H13F3N4O/c1-2-3-17-8-6(13)7(15-5-16-8)14-4-9(10,11)12/h5H,2-4,13H2,1H3,(H,14,15,16). The van der Waals surface area contributed by atoms with Crippen molar-refractivity contribution in [3.05, 3.63) is 6.33 Å². The van der Waals surface area contributed by atoms with E-state index in [-0.39, 0.29) is 17.4 Å². The Kier molecular flexibility index (Phi) is 4.36. The first-order chi connectivity index (χ1) is 7.94. The van der Waals surface area contributed by atoms with Crippen LogP contribution in [0.5, 0.6) is 5.88 Å². The van der Waals surface area contributed by atoms with Gasteiger partial charge in [-0.05, 0) is 6.42 Å². The van der Waals surface area contributed by atoms with E-state index < -0.39 is 12.7 Å². The second-order valence-corrected chi connectivity index (χ2v) is 3.26. The lowest BCUT2D eigenvalue weighted by atomic mass is 10.4. The number of nitrogens with one attached hydrogen (secondary N) is 1. The molecule has 0 aliphatic rings. The smallest absolute Gasteiger partial charge is 0.405 e. The van der Waals surface area contributed by atoms with Gasteiger partial charge < -0.3 is 15.8 Å². The first kappa shape index (κ1) is 13.3. The van der Waals surface area contributed by atoms with Gasteiger partial charge in [-0.3, -0.25) is 0 Å². The molecule has 0 aliphatic heterocycles. The zero-order valence-electron chi connectivity index (χ0n) is 9.21. The second kappa shape index (κ2) is 5.55. The maximum absolute atomic E-state index is 12.0. The molecule has 1 aromatic rings. The number of alkyl halides is 3. The largest absolute Gasteiger partial charge is 0.476 e. The van der Waals surface area contributed by atoms with Crippen LogP contribution in [0.1, 0.15) is 13.3 Å². The van der Waals surface area contributed by atoms with E-state index in [1.807, 2.05) is 6.92 Å². The number of anilines is 2. The van der Waals surface area contributed by atoms with E-state index in [1.165, 1.54) is 0 Å². The summed E-state index contributed by atoms with van der Waals surface area (Å²) in [4.78, 5) is 7.36. The van der Waals surface area contributed by atoms with Crippen molar-refractivity contribution in [3.8, 4) is 5.88 Å². The van der Waals surface area contributed by atoms with Crippen molar-refractivity contribution in [3.63, 3.8) is 0 Å². The molecule has 8 heteroatoms. The quantitative estimate of drug-likeness (QED) is 0.833. The van der Waals surface area contributed by atoms with Gasteiger partial charge in [0.1, 0.15) is 18.6 Å². The Morgan fingerprint density at radius 3 is 2.71 bits per heavy atom. The van der Waals surface area contributed by atoms with E-state index in [2.05, 4.69) is 15.3 Å². The Morgan fingerprint density at radius 2 is 2.12 bits per heavy atom. The molecule has 1 heterocycles. The van der Waals surface area contributed by atoms with Gasteiger partial charge in [-0.1, -0.05) is 6.92 Å². The average molecular weight is 250 g/mol. The van der Waals surface area contributed by atoms with Crippen LogP contribution in [0.25, 0.3) is 0 Å². The van der Waals surface area contributed by atoms with Crippen LogP contribution in [-0.2, 0) is 0 Å². The number of nitrogen functional groups attached to an aromatic ring is 1. The van der Waals surface area contributed by atoms with Crippen LogP contribution in [0.2, 0.25) is 0 Å². The number of ether oxygens (including phenoxy) is 1. The molecule has 0 fully saturated rings. The molecule has 96 valence electrons. The summed E-state index contributed by atoms with van der Waals surface area (Å²) in [5.41, 5.74) is 5.55. The second-order valence-electron chi connectivity index (χ2n) is 3.26. The summed E-state index contributed by atoms with van der Waals surface area (Å²) in [5.74, 6) is 0.00922. The first-order valence-electron chi connectivity index (χ1n) is 4.98. The van der Waals surface area contributed by atoms with Crippen molar-refractivity contribution in [2.45, 2.75) is 19.5 Å². The number of nitrogens with two attached hydrogens (primary N) is 1. The minimum atomic E-state index is -4.33. The summed E-state index contributed by atoms with van der Waals surface area (Å²) >= 11 is 0. The van der Waals surface area contributed by atoms with Gasteiger partial charge in [-0.2, -0.15) is 18.2 Å². The van der Waals surface area contributed by atoms with Crippen molar-refractivity contribution in [2.75, 3.05) is 24.2 Å². The average Bonchev–Trinajstić information content (AvgIpc) is 2.25. The van der Waals surface area contributed by atoms with Gasteiger partial charge in [0.15, 0.2) is 5.82 Å². The summed E-state index contributed by atoms with van der Waals surface area (Å²) in [7, 11) is 0. The molecule has 0 aromatic carbocycles. The Hall–Kier alpha value is -1.73. The molecule has 0 radical (unpaired) electrons. The molecule has 0 aliphatic carbocycles. The van der Waals surface area contributed by atoms with Gasteiger partial charge in [0.05, 0.1) is 6.61 Å². The zero-order chi connectivity index (χ0) is 12.9. The molecule has 0 bridgehead atoms. The van der Waals surface area contributed by atoms with E-state index in [4.69, 9.17) is 10.5 Å². The Labute approximate surface area is 96.2 Å². The summed E-state index contributed by atoms with van der Waals surface area (Å²) in [6.45, 7) is 1.07. The molecule has 3 N–H and O–H groups in total. The molecule has 17 heavy (non-hydrogen) atoms. The molecule has 0 atom stereocenters. The van der Waals surface area contributed by atoms with Crippen molar-refractivity contribution < 1.29 is 17.9 Å². The van der Waals surface area contributed by atoms with Gasteiger partial charge in [-0.25, -0.2) is 4.98 Å². The maximum Gasteiger partial charge on any atom is 0.405 e. The summed E-state index contributed by atoms with van der Waals surface area (Å²) in [5, 5.41) is 2.09. The van der Waals surface area contributed by atoms with Gasteiger partial charge in [0.2, 0.25) is 5.88 Å². The molecular formula is C9H13F3N4O. The van der Waals surface area contributed by atoms with Crippen LogP contribution >= 0.6 is 0 Å². The molecule has 0 saturated heterocycles. The van der Waals surface area contributed by atoms with Crippen molar-refractivity contribution >= 4 is 11.5 Å². The van der Waals surface area contributed by atoms with E-state index >= 15 is 0 Å². The van der Waals surface area contributed by atoms with Crippen molar-refractivity contribution in [2.24, 2.45) is 0 Å². The fourth-order valence-electron chi connectivity index (χ4n) is 1.02. The first-order valence-corrected chi connectivity index (χ1v) is 4.98. The van der Waals surface area contributed by atoms with E-state index in [0.29, 0.717) is 6.61 Å². The van der Waals surface area contributed by atoms with Crippen molar-refractivity contribution in [1.29, 1.82) is 0 Å². The normalized spacial score (nSPS) is 11.3.